The smallest absolute Gasteiger partial charge is 0.261 e. The molecule has 0 saturated heterocycles. The van der Waals surface area contributed by atoms with E-state index in [1.165, 1.54) is 30.8 Å². The molecule has 0 radical (unpaired) electrons. The Morgan fingerprint density at radius 3 is 2.63 bits per heavy atom. The molecule has 0 atom stereocenters. The van der Waals surface area contributed by atoms with Crippen molar-refractivity contribution in [3.8, 4) is 5.75 Å². The number of nitrogens with zero attached hydrogens (tertiary/aromatic N) is 1. The van der Waals surface area contributed by atoms with Gasteiger partial charge in [0.15, 0.2) is 0 Å². The van der Waals surface area contributed by atoms with Crippen molar-refractivity contribution in [2.24, 2.45) is 0 Å². The van der Waals surface area contributed by atoms with Crippen LogP contribution in [0.15, 0.2) is 52.3 Å². The number of amides is 1. The minimum absolute atomic E-state index is 0.0744. The molecule has 144 valence electrons. The van der Waals surface area contributed by atoms with E-state index >= 15 is 0 Å². The molecule has 1 aliphatic heterocycles. The monoisotopic (exact) mass is 406 g/mol. The number of hydrogen-bond acceptors (Lipinski definition) is 5. The van der Waals surface area contributed by atoms with Gasteiger partial charge in [0.2, 0.25) is 5.91 Å². The topological polar surface area (TPSA) is 75.7 Å². The van der Waals surface area contributed by atoms with Crippen molar-refractivity contribution < 1.29 is 17.9 Å². The first kappa shape index (κ1) is 19.6. The second-order valence-corrected chi connectivity index (χ2v) is 9.50. The van der Waals surface area contributed by atoms with E-state index in [0.717, 1.165) is 4.90 Å². The molecule has 1 N–H and O–H groups in total. The number of hydrogen-bond donors (Lipinski definition) is 1. The summed E-state index contributed by atoms with van der Waals surface area (Å²) in [6, 6.07) is 11.7. The van der Waals surface area contributed by atoms with E-state index in [4.69, 9.17) is 4.74 Å². The van der Waals surface area contributed by atoms with Gasteiger partial charge in [-0.3, -0.25) is 9.52 Å². The van der Waals surface area contributed by atoms with Gasteiger partial charge in [-0.15, -0.1) is 11.8 Å². The Balaban J connectivity index is 1.98. The summed E-state index contributed by atoms with van der Waals surface area (Å²) >= 11 is 1.53. The first-order chi connectivity index (χ1) is 12.6. The van der Waals surface area contributed by atoms with Crippen LogP contribution in [0.2, 0.25) is 0 Å². The summed E-state index contributed by atoms with van der Waals surface area (Å²) in [5, 5.41) is 0. The van der Waals surface area contributed by atoms with E-state index in [0.29, 0.717) is 23.7 Å². The van der Waals surface area contributed by atoms with Gasteiger partial charge >= 0.3 is 0 Å². The zero-order valence-corrected chi connectivity index (χ0v) is 17.3. The largest absolute Gasteiger partial charge is 0.484 e. The van der Waals surface area contributed by atoms with Gasteiger partial charge in [-0.25, -0.2) is 8.42 Å². The summed E-state index contributed by atoms with van der Waals surface area (Å²) in [6.45, 7) is 5.58. The number of anilines is 2. The third kappa shape index (κ3) is 4.22. The molecule has 0 aromatic heterocycles. The fraction of sp³-hybridized carbons (Fsp3) is 0.316. The van der Waals surface area contributed by atoms with Gasteiger partial charge < -0.3 is 9.64 Å². The zero-order valence-electron chi connectivity index (χ0n) is 15.6. The molecular formula is C19H22N2O4S2. The molecule has 27 heavy (non-hydrogen) atoms. The summed E-state index contributed by atoms with van der Waals surface area (Å²) in [5.41, 5.74) is 0.401. The molecule has 1 aliphatic rings. The Hall–Kier alpha value is -2.19. The molecule has 0 spiro atoms. The second kappa shape index (κ2) is 7.09. The number of carbonyl (C=O) groups excluding carboxylic acids is 1. The predicted molar refractivity (Wildman–Crippen MR) is 108 cm³/mol. The maximum absolute atomic E-state index is 12.8. The molecule has 3 rings (SSSR count). The number of sulfonamides is 1. The van der Waals surface area contributed by atoms with Crippen molar-refractivity contribution in [3.63, 3.8) is 0 Å². The molecule has 0 bridgehead atoms. The van der Waals surface area contributed by atoms with Crippen molar-refractivity contribution in [3.05, 3.63) is 42.5 Å². The lowest BCUT2D eigenvalue weighted by Crippen LogP contribution is -2.48. The van der Waals surface area contributed by atoms with E-state index in [1.807, 2.05) is 26.2 Å². The number of benzene rings is 2. The lowest BCUT2D eigenvalue weighted by Gasteiger charge is -2.39. The quantitative estimate of drug-likeness (QED) is 0.783. The van der Waals surface area contributed by atoms with Gasteiger partial charge in [0, 0.05) is 17.5 Å². The van der Waals surface area contributed by atoms with E-state index in [1.54, 1.807) is 29.2 Å². The van der Waals surface area contributed by atoms with Gasteiger partial charge in [0.05, 0.1) is 17.1 Å². The molecule has 2 aromatic carbocycles. The summed E-state index contributed by atoms with van der Waals surface area (Å²) in [4.78, 5) is 14.7. The molecule has 6 nitrogen and oxygen atoms in total. The molecule has 2 aromatic rings. The third-order valence-electron chi connectivity index (χ3n) is 4.16. The Bertz CT molecular complexity index is 987. The summed E-state index contributed by atoms with van der Waals surface area (Å²) < 4.78 is 34.2. The van der Waals surface area contributed by atoms with Gasteiger partial charge in [-0.1, -0.05) is 6.07 Å². The summed E-state index contributed by atoms with van der Waals surface area (Å²) in [7, 11) is -3.80. The van der Waals surface area contributed by atoms with E-state index in [9.17, 15) is 13.2 Å². The Morgan fingerprint density at radius 2 is 1.96 bits per heavy atom. The van der Waals surface area contributed by atoms with Crippen LogP contribution in [0, 0.1) is 0 Å². The van der Waals surface area contributed by atoms with Crippen LogP contribution in [0.1, 0.15) is 20.8 Å². The Labute approximate surface area is 164 Å². The molecule has 0 unspecified atom stereocenters. The highest BCUT2D eigenvalue weighted by atomic mass is 32.2. The Kier molecular flexibility index (Phi) is 5.14. The van der Waals surface area contributed by atoms with E-state index in [-0.39, 0.29) is 10.8 Å². The average Bonchev–Trinajstić information content (AvgIpc) is 2.59. The van der Waals surface area contributed by atoms with Gasteiger partial charge in [-0.2, -0.15) is 0 Å². The van der Waals surface area contributed by atoms with E-state index < -0.39 is 15.6 Å². The maximum atomic E-state index is 12.8. The molecule has 8 heteroatoms. The Morgan fingerprint density at radius 1 is 1.22 bits per heavy atom. The molecule has 1 heterocycles. The maximum Gasteiger partial charge on any atom is 0.261 e. The van der Waals surface area contributed by atoms with Crippen LogP contribution in [0.5, 0.6) is 5.75 Å². The molecule has 0 aliphatic carbocycles. The SMILES string of the molecule is CSc1cccc(NS(=O)(=O)c2ccc3c(c2)N(C(C)=O)CC(C)(C)O3)c1. The van der Waals surface area contributed by atoms with Crippen molar-refractivity contribution in [2.45, 2.75) is 36.2 Å². The minimum atomic E-state index is -3.80. The van der Waals surface area contributed by atoms with Crippen molar-refractivity contribution in [1.82, 2.24) is 0 Å². The number of ether oxygens (including phenoxy) is 1. The lowest BCUT2D eigenvalue weighted by molar-refractivity contribution is -0.117. The second-order valence-electron chi connectivity index (χ2n) is 6.93. The van der Waals surface area contributed by atoms with Crippen LogP contribution in [-0.4, -0.2) is 32.7 Å². The van der Waals surface area contributed by atoms with Crippen molar-refractivity contribution >= 4 is 39.1 Å². The van der Waals surface area contributed by atoms with Gasteiger partial charge in [0.1, 0.15) is 11.4 Å². The van der Waals surface area contributed by atoms with Crippen LogP contribution < -0.4 is 14.4 Å². The van der Waals surface area contributed by atoms with Crippen LogP contribution in [-0.2, 0) is 14.8 Å². The lowest BCUT2D eigenvalue weighted by atomic mass is 10.1. The number of thioether (sulfide) groups is 1. The standard InChI is InChI=1S/C19H22N2O4S2/c1-13(22)21-12-19(2,3)25-18-9-8-16(11-17(18)21)27(23,24)20-14-6-5-7-15(10-14)26-4/h5-11,20H,12H2,1-4H3. The molecular weight excluding hydrogens is 384 g/mol. The van der Waals surface area contributed by atoms with E-state index in [2.05, 4.69) is 4.72 Å². The molecule has 0 saturated carbocycles. The minimum Gasteiger partial charge on any atom is -0.484 e. The zero-order chi connectivity index (χ0) is 19.8. The highest BCUT2D eigenvalue weighted by Crippen LogP contribution is 2.38. The number of fused-ring (bicyclic) bond motifs is 1. The first-order valence-electron chi connectivity index (χ1n) is 8.39. The highest BCUT2D eigenvalue weighted by molar-refractivity contribution is 7.98. The first-order valence-corrected chi connectivity index (χ1v) is 11.1. The number of nitrogens with one attached hydrogen (secondary N) is 1. The average molecular weight is 407 g/mol. The fourth-order valence-corrected chi connectivity index (χ4v) is 4.47. The van der Waals surface area contributed by atoms with Gasteiger partial charge in [0.25, 0.3) is 10.0 Å². The number of rotatable bonds is 4. The summed E-state index contributed by atoms with van der Waals surface area (Å²) in [6.07, 6.45) is 1.93. The molecule has 0 fully saturated rings. The fourth-order valence-electron chi connectivity index (χ4n) is 2.94. The van der Waals surface area contributed by atoms with Crippen LogP contribution in [0.4, 0.5) is 11.4 Å². The van der Waals surface area contributed by atoms with Crippen molar-refractivity contribution in [1.29, 1.82) is 0 Å². The van der Waals surface area contributed by atoms with Crippen molar-refractivity contribution in [2.75, 3.05) is 22.4 Å². The normalized spacial score (nSPS) is 15.6. The van der Waals surface area contributed by atoms with Gasteiger partial charge in [-0.05, 0) is 56.5 Å². The highest BCUT2D eigenvalue weighted by Gasteiger charge is 2.34. The van der Waals surface area contributed by atoms with Crippen LogP contribution in [0.25, 0.3) is 0 Å². The third-order valence-corrected chi connectivity index (χ3v) is 6.26. The number of carbonyl (C=O) groups is 1. The van der Waals surface area contributed by atoms with Crippen LogP contribution in [0.3, 0.4) is 0 Å². The summed E-state index contributed by atoms with van der Waals surface area (Å²) in [5.74, 6) is 0.326. The molecule has 1 amide bonds. The predicted octanol–water partition coefficient (Wildman–Crippen LogP) is 3.73. The van der Waals surface area contributed by atoms with Crippen LogP contribution >= 0.6 is 11.8 Å².